The Hall–Kier alpha value is -1.78. The lowest BCUT2D eigenvalue weighted by atomic mass is 9.97. The smallest absolute Gasteiger partial charge is 0.339 e. The Morgan fingerprint density at radius 1 is 1.35 bits per heavy atom. The number of hydrogen-bond donors (Lipinski definition) is 3. The van der Waals surface area contributed by atoms with Gasteiger partial charge < -0.3 is 15.4 Å². The SMILES string of the molecule is Cc1[nH]cc(NC(=O)C(C)C(C)C)c1C(=O)O. The number of hydrogen-bond acceptors (Lipinski definition) is 2. The summed E-state index contributed by atoms with van der Waals surface area (Å²) in [4.78, 5) is 25.6. The van der Waals surface area contributed by atoms with Gasteiger partial charge in [-0.15, -0.1) is 0 Å². The number of nitrogens with one attached hydrogen (secondary N) is 2. The highest BCUT2D eigenvalue weighted by Gasteiger charge is 2.21. The van der Waals surface area contributed by atoms with Crippen LogP contribution < -0.4 is 5.32 Å². The van der Waals surface area contributed by atoms with Crippen molar-refractivity contribution in [3.05, 3.63) is 17.5 Å². The number of rotatable bonds is 4. The van der Waals surface area contributed by atoms with E-state index in [2.05, 4.69) is 10.3 Å². The Morgan fingerprint density at radius 3 is 2.41 bits per heavy atom. The number of anilines is 1. The maximum Gasteiger partial charge on any atom is 0.339 e. The summed E-state index contributed by atoms with van der Waals surface area (Å²) >= 11 is 0. The molecule has 0 aliphatic carbocycles. The van der Waals surface area contributed by atoms with Gasteiger partial charge in [-0.25, -0.2) is 4.79 Å². The predicted molar refractivity (Wildman–Crippen MR) is 65.1 cm³/mol. The molecule has 0 bridgehead atoms. The van der Waals surface area contributed by atoms with Crippen molar-refractivity contribution >= 4 is 17.6 Å². The summed E-state index contributed by atoms with van der Waals surface area (Å²) in [6, 6.07) is 0. The molecule has 0 saturated carbocycles. The molecule has 5 heteroatoms. The van der Waals surface area contributed by atoms with E-state index in [0.717, 1.165) is 0 Å². The summed E-state index contributed by atoms with van der Waals surface area (Å²) in [7, 11) is 0. The van der Waals surface area contributed by atoms with Gasteiger partial charge in [-0.3, -0.25) is 4.79 Å². The van der Waals surface area contributed by atoms with Gasteiger partial charge in [-0.2, -0.15) is 0 Å². The Kier molecular flexibility index (Phi) is 3.93. The molecule has 1 unspecified atom stereocenters. The normalized spacial score (nSPS) is 12.5. The van der Waals surface area contributed by atoms with Crippen molar-refractivity contribution in [1.29, 1.82) is 0 Å². The number of amides is 1. The fraction of sp³-hybridized carbons (Fsp3) is 0.500. The average molecular weight is 238 g/mol. The van der Waals surface area contributed by atoms with Gasteiger partial charge in [0.05, 0.1) is 5.69 Å². The molecule has 17 heavy (non-hydrogen) atoms. The number of aryl methyl sites for hydroxylation is 1. The molecule has 5 nitrogen and oxygen atoms in total. The highest BCUT2D eigenvalue weighted by atomic mass is 16.4. The minimum absolute atomic E-state index is 0.120. The molecule has 1 aromatic heterocycles. The number of H-pyrrole nitrogens is 1. The average Bonchev–Trinajstić information content (AvgIpc) is 2.58. The van der Waals surface area contributed by atoms with Gasteiger partial charge in [0, 0.05) is 17.8 Å². The quantitative estimate of drug-likeness (QED) is 0.752. The van der Waals surface area contributed by atoms with Crippen molar-refractivity contribution in [1.82, 2.24) is 4.98 Å². The second-order valence-corrected chi connectivity index (χ2v) is 4.53. The summed E-state index contributed by atoms with van der Waals surface area (Å²) < 4.78 is 0. The van der Waals surface area contributed by atoms with E-state index in [1.54, 1.807) is 6.92 Å². The van der Waals surface area contributed by atoms with Crippen molar-refractivity contribution < 1.29 is 14.7 Å². The van der Waals surface area contributed by atoms with E-state index in [0.29, 0.717) is 11.4 Å². The van der Waals surface area contributed by atoms with E-state index in [4.69, 9.17) is 5.11 Å². The summed E-state index contributed by atoms with van der Waals surface area (Å²) in [6.45, 7) is 7.38. The minimum Gasteiger partial charge on any atom is -0.478 e. The lowest BCUT2D eigenvalue weighted by molar-refractivity contribution is -0.120. The number of carboxylic acids is 1. The monoisotopic (exact) mass is 238 g/mol. The first-order valence-corrected chi connectivity index (χ1v) is 5.56. The first kappa shape index (κ1) is 13.3. The topological polar surface area (TPSA) is 82.2 Å². The van der Waals surface area contributed by atoms with E-state index in [9.17, 15) is 9.59 Å². The van der Waals surface area contributed by atoms with Gasteiger partial charge in [0.25, 0.3) is 0 Å². The second kappa shape index (κ2) is 5.03. The van der Waals surface area contributed by atoms with Gasteiger partial charge in [0.15, 0.2) is 0 Å². The zero-order valence-electron chi connectivity index (χ0n) is 10.5. The van der Waals surface area contributed by atoms with E-state index < -0.39 is 5.97 Å². The van der Waals surface area contributed by atoms with Crippen LogP contribution in [0.3, 0.4) is 0 Å². The molecule has 0 radical (unpaired) electrons. The molecule has 1 atom stereocenters. The Labute approximate surface area is 100 Å². The largest absolute Gasteiger partial charge is 0.478 e. The Balaban J connectivity index is 2.89. The third-order valence-electron chi connectivity index (χ3n) is 2.96. The number of carbonyl (C=O) groups excluding carboxylic acids is 1. The van der Waals surface area contributed by atoms with E-state index in [1.807, 2.05) is 20.8 Å². The molecule has 0 spiro atoms. The van der Waals surface area contributed by atoms with Crippen LogP contribution in [0.15, 0.2) is 6.20 Å². The van der Waals surface area contributed by atoms with Crippen LogP contribution in [0, 0.1) is 18.8 Å². The molecule has 1 heterocycles. The van der Waals surface area contributed by atoms with E-state index in [-0.39, 0.29) is 23.3 Å². The van der Waals surface area contributed by atoms with Crippen LogP contribution in [0.1, 0.15) is 36.8 Å². The van der Waals surface area contributed by atoms with Gasteiger partial charge in [-0.05, 0) is 12.8 Å². The first-order valence-electron chi connectivity index (χ1n) is 5.56. The Bertz CT molecular complexity index is 435. The van der Waals surface area contributed by atoms with Crippen molar-refractivity contribution in [2.45, 2.75) is 27.7 Å². The van der Waals surface area contributed by atoms with Crippen molar-refractivity contribution in [2.75, 3.05) is 5.32 Å². The van der Waals surface area contributed by atoms with E-state index >= 15 is 0 Å². The second-order valence-electron chi connectivity index (χ2n) is 4.53. The van der Waals surface area contributed by atoms with Crippen molar-refractivity contribution in [3.63, 3.8) is 0 Å². The highest BCUT2D eigenvalue weighted by Crippen LogP contribution is 2.21. The molecular weight excluding hydrogens is 220 g/mol. The molecule has 1 aromatic rings. The minimum atomic E-state index is -1.05. The summed E-state index contributed by atoms with van der Waals surface area (Å²) in [5.41, 5.74) is 0.979. The summed E-state index contributed by atoms with van der Waals surface area (Å²) in [6.07, 6.45) is 1.50. The molecular formula is C12H18N2O3. The summed E-state index contributed by atoms with van der Waals surface area (Å²) in [5, 5.41) is 11.7. The van der Waals surface area contributed by atoms with Crippen LogP contribution in [0.4, 0.5) is 5.69 Å². The van der Waals surface area contributed by atoms with Crippen molar-refractivity contribution in [2.24, 2.45) is 11.8 Å². The third-order valence-corrected chi connectivity index (χ3v) is 2.96. The van der Waals surface area contributed by atoms with E-state index in [1.165, 1.54) is 6.20 Å². The lowest BCUT2D eigenvalue weighted by Gasteiger charge is -2.15. The molecule has 0 fully saturated rings. The van der Waals surface area contributed by atoms with Crippen LogP contribution >= 0.6 is 0 Å². The highest BCUT2D eigenvalue weighted by molar-refractivity contribution is 6.02. The Morgan fingerprint density at radius 2 is 1.94 bits per heavy atom. The third kappa shape index (κ3) is 2.87. The zero-order valence-corrected chi connectivity index (χ0v) is 10.5. The maximum atomic E-state index is 11.8. The number of aromatic carboxylic acids is 1. The van der Waals surface area contributed by atoms with Gasteiger partial charge in [-0.1, -0.05) is 20.8 Å². The van der Waals surface area contributed by atoms with Crippen molar-refractivity contribution in [3.8, 4) is 0 Å². The predicted octanol–water partition coefficient (Wildman–Crippen LogP) is 2.25. The molecule has 1 rings (SSSR count). The number of carbonyl (C=O) groups is 2. The van der Waals surface area contributed by atoms with Gasteiger partial charge in [0.2, 0.25) is 5.91 Å². The standard InChI is InChI=1S/C12H18N2O3/c1-6(2)7(3)11(15)14-9-5-13-8(4)10(9)12(16)17/h5-7,13H,1-4H3,(H,14,15)(H,16,17). The lowest BCUT2D eigenvalue weighted by Crippen LogP contribution is -2.24. The van der Waals surface area contributed by atoms with Crippen LogP contribution in [-0.2, 0) is 4.79 Å². The molecule has 0 aliphatic rings. The van der Waals surface area contributed by atoms with Crippen LogP contribution in [0.5, 0.6) is 0 Å². The summed E-state index contributed by atoms with van der Waals surface area (Å²) in [5.74, 6) is -1.16. The fourth-order valence-corrected chi connectivity index (χ4v) is 1.45. The molecule has 0 aliphatic heterocycles. The number of aromatic amines is 1. The molecule has 0 saturated heterocycles. The van der Waals surface area contributed by atoms with Crippen LogP contribution in [-0.4, -0.2) is 22.0 Å². The first-order chi connectivity index (χ1) is 7.84. The number of aromatic nitrogens is 1. The maximum absolute atomic E-state index is 11.8. The molecule has 3 N–H and O–H groups in total. The molecule has 1 amide bonds. The van der Waals surface area contributed by atoms with Gasteiger partial charge >= 0.3 is 5.97 Å². The van der Waals surface area contributed by atoms with Crippen LogP contribution in [0.2, 0.25) is 0 Å². The zero-order chi connectivity index (χ0) is 13.2. The van der Waals surface area contributed by atoms with Gasteiger partial charge in [0.1, 0.15) is 5.56 Å². The fourth-order valence-electron chi connectivity index (χ4n) is 1.45. The number of carboxylic acid groups (broad SMARTS) is 1. The molecule has 0 aromatic carbocycles. The molecule has 94 valence electrons. The van der Waals surface area contributed by atoms with Crippen LogP contribution in [0.25, 0.3) is 0 Å².